The van der Waals surface area contributed by atoms with Crippen molar-refractivity contribution in [2.24, 2.45) is 0 Å². The molecule has 95 heavy (non-hydrogen) atoms. The third-order valence-corrected chi connectivity index (χ3v) is 17.7. The number of pyridine rings is 4. The van der Waals surface area contributed by atoms with Gasteiger partial charge in [-0.15, -0.1) is 0 Å². The van der Waals surface area contributed by atoms with Crippen molar-refractivity contribution in [3.63, 3.8) is 0 Å². The van der Waals surface area contributed by atoms with Gasteiger partial charge in [-0.25, -0.2) is 15.0 Å². The molecule has 0 fully saturated rings. The first kappa shape index (κ1) is 57.3. The average Bonchev–Trinajstić information content (AvgIpc) is 1.59. The maximum Gasteiger partial charge on any atom is 0.417 e. The maximum atomic E-state index is 15.7. The standard InChI is InChI=1S/C84H51F3N8/c85-84(86,87)69-28-13-26-61(51-88)83(69)67-50-82(94-77-43-36-53(44-63-27-14-29-70(90-63)54-18-5-1-6-19-54)45-68(77)66-42-39-60(48-80(66)94)76-35-17-32-73(93-76)57-24-11-4-12-25-57)81(49-62(67)52-89)95-78-46-58(74-33-15-30-71(91-74)55-20-7-2-8-21-55)37-40-64(78)65-41-38-59(47-79(65)95)75-34-16-31-72(92-75)56-22-9-3-10-23-56/h1-43,45-50H,44H2. The number of aromatic nitrogens is 6. The first-order chi connectivity index (χ1) is 46.6. The van der Waals surface area contributed by atoms with Gasteiger partial charge in [-0.1, -0.05) is 194 Å². The van der Waals surface area contributed by atoms with Crippen LogP contribution in [0, 0.1) is 22.7 Å². The van der Waals surface area contributed by atoms with Crippen molar-refractivity contribution in [2.45, 2.75) is 12.6 Å². The van der Waals surface area contributed by atoms with Gasteiger partial charge in [0.1, 0.15) is 0 Å². The van der Waals surface area contributed by atoms with Crippen molar-refractivity contribution in [1.29, 1.82) is 10.5 Å². The lowest BCUT2D eigenvalue weighted by Gasteiger charge is -2.21. The second kappa shape index (κ2) is 23.8. The van der Waals surface area contributed by atoms with E-state index in [0.717, 1.165) is 117 Å². The molecular formula is C84H51F3N8. The highest BCUT2D eigenvalue weighted by Gasteiger charge is 2.36. The summed E-state index contributed by atoms with van der Waals surface area (Å²) in [4.78, 5) is 20.8. The van der Waals surface area contributed by atoms with Gasteiger partial charge in [0.2, 0.25) is 0 Å². The van der Waals surface area contributed by atoms with Gasteiger partial charge < -0.3 is 9.13 Å². The Labute approximate surface area is 544 Å². The number of rotatable bonds is 12. The monoisotopic (exact) mass is 1230 g/mol. The van der Waals surface area contributed by atoms with Crippen LogP contribution in [0.3, 0.4) is 0 Å². The number of halogens is 3. The number of hydrogen-bond acceptors (Lipinski definition) is 6. The zero-order valence-corrected chi connectivity index (χ0v) is 50.7. The summed E-state index contributed by atoms with van der Waals surface area (Å²) in [5.41, 5.74) is 15.4. The molecule has 6 aromatic heterocycles. The van der Waals surface area contributed by atoms with E-state index in [1.54, 1.807) is 12.1 Å². The Balaban J connectivity index is 1.01. The summed E-state index contributed by atoms with van der Waals surface area (Å²) >= 11 is 0. The molecule has 11 heteroatoms. The molecule has 16 aromatic rings. The van der Waals surface area contributed by atoms with Crippen LogP contribution < -0.4 is 0 Å². The molecule has 6 heterocycles. The molecule has 448 valence electrons. The minimum Gasteiger partial charge on any atom is -0.307 e. The Hall–Kier alpha value is -12.8. The van der Waals surface area contributed by atoms with Crippen LogP contribution >= 0.6 is 0 Å². The highest BCUT2D eigenvalue weighted by Crippen LogP contribution is 2.47. The van der Waals surface area contributed by atoms with Gasteiger partial charge in [0.05, 0.1) is 102 Å². The summed E-state index contributed by atoms with van der Waals surface area (Å²) in [5, 5.41) is 25.9. The van der Waals surface area contributed by atoms with Crippen molar-refractivity contribution in [3.8, 4) is 113 Å². The van der Waals surface area contributed by atoms with Crippen LogP contribution in [0.15, 0.2) is 297 Å². The van der Waals surface area contributed by atoms with E-state index in [4.69, 9.17) is 19.9 Å². The molecule has 8 nitrogen and oxygen atoms in total. The Bertz CT molecular complexity index is 5630. The van der Waals surface area contributed by atoms with Gasteiger partial charge >= 0.3 is 6.18 Å². The van der Waals surface area contributed by atoms with Crippen molar-refractivity contribution in [3.05, 3.63) is 325 Å². The van der Waals surface area contributed by atoms with Crippen molar-refractivity contribution < 1.29 is 13.2 Å². The molecule has 0 saturated carbocycles. The van der Waals surface area contributed by atoms with Gasteiger partial charge in [-0.05, 0) is 109 Å². The van der Waals surface area contributed by atoms with E-state index < -0.39 is 17.3 Å². The largest absolute Gasteiger partial charge is 0.417 e. The lowest BCUT2D eigenvalue weighted by atomic mass is 9.90. The SMILES string of the molecule is N#Cc1cc(-n2c3cc(-c4cccc(-c5ccccc5)n4)ccc3c3ccc(-c4cccc(-c5ccccc5)n4)cc32)c(-n2c3ccc(Cc4cccc(-c5ccccc5)n4)cc3c3ccc(-c4cccc(-c5ccccc5)n4)cc32)cc1-c1c(C#N)cccc1C(F)(F)F. The molecule has 0 spiro atoms. The first-order valence-corrected chi connectivity index (χ1v) is 31.1. The number of nitriles is 2. The molecule has 0 unspecified atom stereocenters. The van der Waals surface area contributed by atoms with E-state index in [2.05, 4.69) is 94.1 Å². The zero-order chi connectivity index (χ0) is 64.2. The number of benzene rings is 10. The minimum absolute atomic E-state index is 0.0638. The third kappa shape index (κ3) is 10.6. The van der Waals surface area contributed by atoms with E-state index in [-0.39, 0.29) is 16.7 Å². The van der Waals surface area contributed by atoms with E-state index in [1.807, 2.05) is 194 Å². The highest BCUT2D eigenvalue weighted by atomic mass is 19.4. The predicted molar refractivity (Wildman–Crippen MR) is 373 cm³/mol. The molecule has 10 aromatic carbocycles. The number of nitrogens with zero attached hydrogens (tertiary/aromatic N) is 8. The lowest BCUT2D eigenvalue weighted by molar-refractivity contribution is -0.137. The molecule has 0 atom stereocenters. The van der Waals surface area contributed by atoms with E-state index in [0.29, 0.717) is 40.4 Å². The van der Waals surface area contributed by atoms with Crippen molar-refractivity contribution in [1.82, 2.24) is 29.1 Å². The molecule has 0 saturated heterocycles. The van der Waals surface area contributed by atoms with Gasteiger partial charge in [0, 0.05) is 83.7 Å². The summed E-state index contributed by atoms with van der Waals surface area (Å²) in [6.45, 7) is 0. The summed E-state index contributed by atoms with van der Waals surface area (Å²) in [7, 11) is 0. The van der Waals surface area contributed by atoms with Crippen LogP contribution in [0.1, 0.15) is 27.9 Å². The summed E-state index contributed by atoms with van der Waals surface area (Å²) in [5.74, 6) is 0. The Kier molecular flexibility index (Phi) is 14.3. The van der Waals surface area contributed by atoms with Crippen LogP contribution in [-0.2, 0) is 12.6 Å². The first-order valence-electron chi connectivity index (χ1n) is 31.1. The minimum atomic E-state index is -4.92. The smallest absolute Gasteiger partial charge is 0.307 e. The zero-order valence-electron chi connectivity index (χ0n) is 50.7. The Morgan fingerprint density at radius 1 is 0.316 bits per heavy atom. The molecule has 0 bridgehead atoms. The number of alkyl halides is 3. The quantitative estimate of drug-likeness (QED) is 0.121. The van der Waals surface area contributed by atoms with Crippen LogP contribution in [0.5, 0.6) is 0 Å². The summed E-state index contributed by atoms with van der Waals surface area (Å²) < 4.78 is 51.5. The van der Waals surface area contributed by atoms with E-state index >= 15 is 13.2 Å². The Morgan fingerprint density at radius 3 is 1.15 bits per heavy atom. The molecule has 0 N–H and O–H groups in total. The fraction of sp³-hybridized carbons (Fsp3) is 0.0238. The van der Waals surface area contributed by atoms with Gasteiger partial charge in [0.15, 0.2) is 0 Å². The second-order valence-corrected chi connectivity index (χ2v) is 23.4. The summed E-state index contributed by atoms with van der Waals surface area (Å²) in [6.07, 6.45) is -4.42. The van der Waals surface area contributed by atoms with Crippen LogP contribution in [0.25, 0.3) is 145 Å². The predicted octanol–water partition coefficient (Wildman–Crippen LogP) is 21.1. The summed E-state index contributed by atoms with van der Waals surface area (Å²) in [6, 6.07) is 100. The third-order valence-electron chi connectivity index (χ3n) is 17.7. The normalized spacial score (nSPS) is 11.5. The molecule has 16 rings (SSSR count). The average molecular weight is 1230 g/mol. The Morgan fingerprint density at radius 2 is 0.705 bits per heavy atom. The molecular weight excluding hydrogens is 1180 g/mol. The fourth-order valence-corrected chi connectivity index (χ4v) is 13.3. The van der Waals surface area contributed by atoms with Crippen LogP contribution in [-0.4, -0.2) is 29.1 Å². The van der Waals surface area contributed by atoms with Crippen molar-refractivity contribution >= 4 is 43.6 Å². The topological polar surface area (TPSA) is 109 Å². The highest BCUT2D eigenvalue weighted by molar-refractivity contribution is 6.13. The van der Waals surface area contributed by atoms with Crippen LogP contribution in [0.2, 0.25) is 0 Å². The van der Waals surface area contributed by atoms with E-state index in [1.165, 1.54) is 12.1 Å². The molecule has 0 aliphatic heterocycles. The molecule has 0 aliphatic rings. The van der Waals surface area contributed by atoms with Gasteiger partial charge in [-0.2, -0.15) is 23.7 Å². The van der Waals surface area contributed by atoms with Gasteiger partial charge in [-0.3, -0.25) is 4.98 Å². The van der Waals surface area contributed by atoms with Gasteiger partial charge in [0.25, 0.3) is 0 Å². The molecule has 0 amide bonds. The maximum absolute atomic E-state index is 15.7. The number of fused-ring (bicyclic) bond motifs is 6. The second-order valence-electron chi connectivity index (χ2n) is 23.4. The van der Waals surface area contributed by atoms with E-state index in [9.17, 15) is 10.5 Å². The number of hydrogen-bond donors (Lipinski definition) is 0. The lowest BCUT2D eigenvalue weighted by Crippen LogP contribution is -2.10. The fourth-order valence-electron chi connectivity index (χ4n) is 13.3. The molecule has 0 aliphatic carbocycles. The molecule has 0 radical (unpaired) electrons. The van der Waals surface area contributed by atoms with Crippen molar-refractivity contribution in [2.75, 3.05) is 0 Å². The van der Waals surface area contributed by atoms with Crippen LogP contribution in [0.4, 0.5) is 13.2 Å².